The first-order chi connectivity index (χ1) is 10.6. The molecule has 1 aliphatic carbocycles. The second-order valence-electron chi connectivity index (χ2n) is 5.50. The van der Waals surface area contributed by atoms with Gasteiger partial charge < -0.3 is 11.1 Å². The molecule has 1 fully saturated rings. The second kappa shape index (κ2) is 7.60. The van der Waals surface area contributed by atoms with Gasteiger partial charge in [0, 0.05) is 17.7 Å². The molecule has 0 aromatic heterocycles. The number of nitrogens with one attached hydrogen (secondary N) is 1. The van der Waals surface area contributed by atoms with E-state index in [2.05, 4.69) is 5.32 Å². The molecule has 22 heavy (non-hydrogen) atoms. The molecule has 1 amide bonds. The zero-order chi connectivity index (χ0) is 16.1. The van der Waals surface area contributed by atoms with E-state index in [0.717, 1.165) is 25.7 Å². The summed E-state index contributed by atoms with van der Waals surface area (Å²) in [6.45, 7) is 0.552. The van der Waals surface area contributed by atoms with E-state index in [1.807, 2.05) is 0 Å². The molecule has 0 heterocycles. The van der Waals surface area contributed by atoms with Crippen molar-refractivity contribution in [3.05, 3.63) is 33.9 Å². The van der Waals surface area contributed by atoms with Crippen molar-refractivity contribution in [1.82, 2.24) is 5.32 Å². The first kappa shape index (κ1) is 16.8. The van der Waals surface area contributed by atoms with Crippen LogP contribution in [-0.2, 0) is 0 Å². The van der Waals surface area contributed by atoms with Crippen LogP contribution in [0, 0.1) is 16.0 Å². The normalized spacial score (nSPS) is 21.4. The molecular weight excluding hydrogens is 302 g/mol. The molecule has 2 unspecified atom stereocenters. The number of carbonyl (C=O) groups excluding carboxylic acids is 1. The molecule has 1 aromatic rings. The van der Waals surface area contributed by atoms with Gasteiger partial charge in [-0.25, -0.2) is 0 Å². The highest BCUT2D eigenvalue weighted by molar-refractivity contribution is 7.98. The summed E-state index contributed by atoms with van der Waals surface area (Å²) >= 11 is 1.29. The van der Waals surface area contributed by atoms with E-state index < -0.39 is 4.92 Å². The van der Waals surface area contributed by atoms with Gasteiger partial charge in [-0.2, -0.15) is 0 Å². The lowest BCUT2D eigenvalue weighted by Crippen LogP contribution is -2.44. The molecule has 120 valence electrons. The van der Waals surface area contributed by atoms with Crippen molar-refractivity contribution >= 4 is 23.4 Å². The Morgan fingerprint density at radius 2 is 2.18 bits per heavy atom. The lowest BCUT2D eigenvalue weighted by atomic mass is 9.84. The molecule has 1 aromatic carbocycles. The molecule has 0 spiro atoms. The summed E-state index contributed by atoms with van der Waals surface area (Å²) in [5.74, 6) is 0.0271. The summed E-state index contributed by atoms with van der Waals surface area (Å²) in [5.41, 5.74) is 6.06. The Balaban J connectivity index is 2.15. The van der Waals surface area contributed by atoms with Crippen LogP contribution in [0.5, 0.6) is 0 Å². The SMILES string of the molecule is CSc1ccc(C(=O)NC2CCCCC2CN)cc1[N+](=O)[O-]. The van der Waals surface area contributed by atoms with Gasteiger partial charge >= 0.3 is 0 Å². The Kier molecular flexibility index (Phi) is 5.79. The number of amides is 1. The number of nitro benzene ring substituents is 1. The van der Waals surface area contributed by atoms with Gasteiger partial charge in [0.15, 0.2) is 0 Å². The molecule has 1 saturated carbocycles. The molecule has 2 rings (SSSR count). The highest BCUT2D eigenvalue weighted by atomic mass is 32.2. The van der Waals surface area contributed by atoms with E-state index in [1.165, 1.54) is 17.8 Å². The number of hydrogen-bond donors (Lipinski definition) is 2. The van der Waals surface area contributed by atoms with Crippen molar-refractivity contribution < 1.29 is 9.72 Å². The molecule has 2 atom stereocenters. The van der Waals surface area contributed by atoms with Gasteiger partial charge in [-0.05, 0) is 43.7 Å². The second-order valence-corrected chi connectivity index (χ2v) is 6.35. The molecule has 7 heteroatoms. The van der Waals surface area contributed by atoms with Gasteiger partial charge in [0.2, 0.25) is 0 Å². The first-order valence-corrected chi connectivity index (χ1v) is 8.62. The van der Waals surface area contributed by atoms with Crippen LogP contribution in [0.2, 0.25) is 0 Å². The molecule has 6 nitrogen and oxygen atoms in total. The van der Waals surface area contributed by atoms with Gasteiger partial charge in [-0.15, -0.1) is 11.8 Å². The largest absolute Gasteiger partial charge is 0.349 e. The van der Waals surface area contributed by atoms with Crippen LogP contribution >= 0.6 is 11.8 Å². The molecular formula is C15H21N3O3S. The van der Waals surface area contributed by atoms with E-state index in [1.54, 1.807) is 18.4 Å². The summed E-state index contributed by atoms with van der Waals surface area (Å²) in [6, 6.07) is 4.67. The Bertz CT molecular complexity index is 565. The summed E-state index contributed by atoms with van der Waals surface area (Å²) < 4.78 is 0. The fourth-order valence-corrected chi connectivity index (χ4v) is 3.45. The van der Waals surface area contributed by atoms with E-state index in [4.69, 9.17) is 5.73 Å². The third kappa shape index (κ3) is 3.78. The predicted molar refractivity (Wildman–Crippen MR) is 87.1 cm³/mol. The number of benzene rings is 1. The van der Waals surface area contributed by atoms with Crippen molar-refractivity contribution in [3.8, 4) is 0 Å². The molecule has 3 N–H and O–H groups in total. The van der Waals surface area contributed by atoms with E-state index in [0.29, 0.717) is 17.0 Å². The fourth-order valence-electron chi connectivity index (χ4n) is 2.91. The zero-order valence-corrected chi connectivity index (χ0v) is 13.4. The van der Waals surface area contributed by atoms with Gasteiger partial charge in [0.1, 0.15) is 0 Å². The summed E-state index contributed by atoms with van der Waals surface area (Å²) in [4.78, 5) is 23.6. The first-order valence-electron chi connectivity index (χ1n) is 7.40. The quantitative estimate of drug-likeness (QED) is 0.493. The highest BCUT2D eigenvalue weighted by Gasteiger charge is 2.26. The van der Waals surface area contributed by atoms with Crippen molar-refractivity contribution in [3.63, 3.8) is 0 Å². The maximum Gasteiger partial charge on any atom is 0.283 e. The van der Waals surface area contributed by atoms with Crippen LogP contribution in [0.1, 0.15) is 36.0 Å². The maximum absolute atomic E-state index is 12.4. The van der Waals surface area contributed by atoms with Crippen molar-refractivity contribution in [1.29, 1.82) is 0 Å². The van der Waals surface area contributed by atoms with E-state index >= 15 is 0 Å². The smallest absolute Gasteiger partial charge is 0.283 e. The lowest BCUT2D eigenvalue weighted by molar-refractivity contribution is -0.387. The van der Waals surface area contributed by atoms with Crippen molar-refractivity contribution in [2.45, 2.75) is 36.6 Å². The van der Waals surface area contributed by atoms with Gasteiger partial charge in [-0.3, -0.25) is 14.9 Å². The standard InChI is InChI=1S/C15H21N3O3S/c1-22-14-7-6-10(8-13(14)18(20)21)15(19)17-12-5-3-2-4-11(12)9-16/h6-8,11-12H,2-5,9,16H2,1H3,(H,17,19). The van der Waals surface area contributed by atoms with E-state index in [-0.39, 0.29) is 23.6 Å². The predicted octanol–water partition coefficient (Wildman–Crippen LogP) is 2.56. The minimum absolute atomic E-state index is 0.0285. The van der Waals surface area contributed by atoms with Gasteiger partial charge in [0.05, 0.1) is 9.82 Å². The van der Waals surface area contributed by atoms with Crippen LogP contribution in [0.4, 0.5) is 5.69 Å². The Hall–Kier alpha value is -1.60. The van der Waals surface area contributed by atoms with Crippen LogP contribution in [-0.4, -0.2) is 29.7 Å². The average molecular weight is 323 g/mol. The number of thioether (sulfide) groups is 1. The molecule has 0 bridgehead atoms. The molecule has 0 aliphatic heterocycles. The maximum atomic E-state index is 12.4. The monoisotopic (exact) mass is 323 g/mol. The minimum Gasteiger partial charge on any atom is -0.349 e. The minimum atomic E-state index is -0.452. The number of nitro groups is 1. The zero-order valence-electron chi connectivity index (χ0n) is 12.6. The Labute approximate surface area is 134 Å². The summed E-state index contributed by atoms with van der Waals surface area (Å²) in [7, 11) is 0. The van der Waals surface area contributed by atoms with Gasteiger partial charge in [0.25, 0.3) is 11.6 Å². The number of hydrogen-bond acceptors (Lipinski definition) is 5. The van der Waals surface area contributed by atoms with E-state index in [9.17, 15) is 14.9 Å². The number of rotatable bonds is 5. The Morgan fingerprint density at radius 3 is 2.82 bits per heavy atom. The number of nitrogens with zero attached hydrogens (tertiary/aromatic N) is 1. The van der Waals surface area contributed by atoms with Crippen molar-refractivity contribution in [2.75, 3.05) is 12.8 Å². The van der Waals surface area contributed by atoms with Crippen LogP contribution in [0.15, 0.2) is 23.1 Å². The van der Waals surface area contributed by atoms with Gasteiger partial charge in [-0.1, -0.05) is 12.8 Å². The van der Waals surface area contributed by atoms with Crippen LogP contribution in [0.25, 0.3) is 0 Å². The molecule has 0 saturated heterocycles. The summed E-state index contributed by atoms with van der Waals surface area (Å²) in [5, 5.41) is 14.1. The van der Waals surface area contributed by atoms with Crippen LogP contribution < -0.4 is 11.1 Å². The van der Waals surface area contributed by atoms with Crippen molar-refractivity contribution in [2.24, 2.45) is 11.7 Å². The lowest BCUT2D eigenvalue weighted by Gasteiger charge is -2.31. The van der Waals surface area contributed by atoms with Crippen LogP contribution in [0.3, 0.4) is 0 Å². The highest BCUT2D eigenvalue weighted by Crippen LogP contribution is 2.29. The number of nitrogens with two attached hydrogens (primary N) is 1. The molecule has 0 radical (unpaired) electrons. The molecule has 1 aliphatic rings. The third-order valence-electron chi connectivity index (χ3n) is 4.17. The topological polar surface area (TPSA) is 98.3 Å². The number of carbonyl (C=O) groups is 1. The average Bonchev–Trinajstić information content (AvgIpc) is 2.54. The fraction of sp³-hybridized carbons (Fsp3) is 0.533. The Morgan fingerprint density at radius 1 is 1.45 bits per heavy atom. The summed E-state index contributed by atoms with van der Waals surface area (Å²) in [6.07, 6.45) is 5.93. The third-order valence-corrected chi connectivity index (χ3v) is 4.95.